The van der Waals surface area contributed by atoms with E-state index in [0.717, 1.165) is 42.6 Å². The number of nitrogens with zero attached hydrogens (tertiary/aromatic N) is 1. The van der Waals surface area contributed by atoms with Gasteiger partial charge in [-0.05, 0) is 37.0 Å². The number of phenols is 1. The lowest BCUT2D eigenvalue weighted by Gasteiger charge is -2.36. The molecule has 1 atom stereocenters. The van der Waals surface area contributed by atoms with Gasteiger partial charge in [0.25, 0.3) is 0 Å². The van der Waals surface area contributed by atoms with Gasteiger partial charge in [-0.25, -0.2) is 0 Å². The fourth-order valence-corrected chi connectivity index (χ4v) is 3.19. The van der Waals surface area contributed by atoms with Crippen LogP contribution in [0.25, 0.3) is 0 Å². The monoisotopic (exact) mass is 412 g/mol. The van der Waals surface area contributed by atoms with Gasteiger partial charge in [0.15, 0.2) is 0 Å². The van der Waals surface area contributed by atoms with E-state index >= 15 is 0 Å². The van der Waals surface area contributed by atoms with Crippen LogP contribution in [0.3, 0.4) is 0 Å². The predicted octanol–water partition coefficient (Wildman–Crippen LogP) is 4.38. The smallest absolute Gasteiger partial charge is 0.120 e. The Morgan fingerprint density at radius 3 is 2.41 bits per heavy atom. The van der Waals surface area contributed by atoms with Crippen molar-refractivity contribution in [1.29, 1.82) is 0 Å². The SMILES string of the molecule is CC(C)CC[C@@H](c1cc(Br)ccc1O)N1CCNCC1.Cl.Cl. The summed E-state index contributed by atoms with van der Waals surface area (Å²) in [4.78, 5) is 2.50. The number of hydrogen-bond acceptors (Lipinski definition) is 3. The highest BCUT2D eigenvalue weighted by Gasteiger charge is 2.24. The molecular weight excluding hydrogens is 387 g/mol. The van der Waals surface area contributed by atoms with Crippen molar-refractivity contribution in [3.05, 3.63) is 28.2 Å². The van der Waals surface area contributed by atoms with Gasteiger partial charge in [0.05, 0.1) is 0 Å². The number of aromatic hydroxyl groups is 1. The summed E-state index contributed by atoms with van der Waals surface area (Å²) in [5.41, 5.74) is 1.06. The number of hydrogen-bond donors (Lipinski definition) is 2. The Bertz CT molecular complexity index is 440. The molecular formula is C16H27BrCl2N2O. The zero-order valence-corrected chi connectivity index (χ0v) is 16.4. The Labute approximate surface area is 154 Å². The van der Waals surface area contributed by atoms with E-state index < -0.39 is 0 Å². The number of piperazine rings is 1. The molecule has 0 spiro atoms. The van der Waals surface area contributed by atoms with Gasteiger partial charge in [-0.3, -0.25) is 4.90 Å². The topological polar surface area (TPSA) is 35.5 Å². The van der Waals surface area contributed by atoms with Crippen molar-refractivity contribution in [2.75, 3.05) is 26.2 Å². The first-order valence-electron chi connectivity index (χ1n) is 7.51. The van der Waals surface area contributed by atoms with E-state index in [4.69, 9.17) is 0 Å². The Hall–Kier alpha value is -0.000000000000000111. The molecule has 0 aromatic heterocycles. The number of nitrogens with one attached hydrogen (secondary N) is 1. The van der Waals surface area contributed by atoms with E-state index in [1.807, 2.05) is 6.07 Å². The molecule has 1 aliphatic heterocycles. The van der Waals surface area contributed by atoms with Crippen LogP contribution < -0.4 is 5.32 Å². The van der Waals surface area contributed by atoms with Crippen molar-refractivity contribution in [2.24, 2.45) is 5.92 Å². The molecule has 1 heterocycles. The van der Waals surface area contributed by atoms with Gasteiger partial charge in [0.1, 0.15) is 5.75 Å². The van der Waals surface area contributed by atoms with Gasteiger partial charge in [0.2, 0.25) is 0 Å². The Kier molecular flexibility index (Phi) is 10.7. The van der Waals surface area contributed by atoms with Crippen molar-refractivity contribution in [1.82, 2.24) is 10.2 Å². The van der Waals surface area contributed by atoms with Gasteiger partial charge in [0, 0.05) is 42.3 Å². The molecule has 0 amide bonds. The quantitative estimate of drug-likeness (QED) is 0.751. The van der Waals surface area contributed by atoms with E-state index in [-0.39, 0.29) is 24.8 Å². The summed E-state index contributed by atoms with van der Waals surface area (Å²) in [5.74, 6) is 1.11. The van der Waals surface area contributed by atoms with Crippen molar-refractivity contribution < 1.29 is 5.11 Å². The summed E-state index contributed by atoms with van der Waals surface area (Å²) in [6.45, 7) is 8.69. The standard InChI is InChI=1S/C16H25BrN2O.2ClH/c1-12(2)3-5-15(19-9-7-18-8-10-19)14-11-13(17)4-6-16(14)20;;/h4,6,11-12,15,18,20H,3,5,7-10H2,1-2H3;2*1H/t15-;;/m0../s1. The third kappa shape index (κ3) is 6.25. The van der Waals surface area contributed by atoms with Gasteiger partial charge in [-0.1, -0.05) is 29.8 Å². The summed E-state index contributed by atoms with van der Waals surface area (Å²) < 4.78 is 1.04. The maximum Gasteiger partial charge on any atom is 0.120 e. The molecule has 1 aromatic carbocycles. The first-order valence-corrected chi connectivity index (χ1v) is 8.30. The average Bonchev–Trinajstić information content (AvgIpc) is 2.43. The Morgan fingerprint density at radius 2 is 1.82 bits per heavy atom. The third-order valence-corrected chi connectivity index (χ3v) is 4.45. The van der Waals surface area contributed by atoms with Gasteiger partial charge < -0.3 is 10.4 Å². The number of halogens is 3. The molecule has 22 heavy (non-hydrogen) atoms. The lowest BCUT2D eigenvalue weighted by atomic mass is 9.95. The second-order valence-electron chi connectivity index (χ2n) is 5.98. The molecule has 3 nitrogen and oxygen atoms in total. The second-order valence-corrected chi connectivity index (χ2v) is 6.89. The fraction of sp³-hybridized carbons (Fsp3) is 0.625. The van der Waals surface area contributed by atoms with Gasteiger partial charge in [-0.15, -0.1) is 24.8 Å². The fourth-order valence-electron chi connectivity index (χ4n) is 2.81. The van der Waals surface area contributed by atoms with Crippen LogP contribution in [0.2, 0.25) is 0 Å². The van der Waals surface area contributed by atoms with E-state index in [1.54, 1.807) is 6.07 Å². The summed E-state index contributed by atoms with van der Waals surface area (Å²) in [6.07, 6.45) is 2.28. The van der Waals surface area contributed by atoms with Crippen LogP contribution in [0.1, 0.15) is 38.3 Å². The lowest BCUT2D eigenvalue weighted by molar-refractivity contribution is 0.157. The number of rotatable bonds is 5. The molecule has 0 aliphatic carbocycles. The normalized spacial score (nSPS) is 16.7. The summed E-state index contributed by atoms with van der Waals surface area (Å²) in [7, 11) is 0. The highest BCUT2D eigenvalue weighted by atomic mass is 79.9. The largest absolute Gasteiger partial charge is 0.508 e. The number of benzene rings is 1. The molecule has 0 unspecified atom stereocenters. The van der Waals surface area contributed by atoms with Crippen molar-refractivity contribution in [3.8, 4) is 5.75 Å². The van der Waals surface area contributed by atoms with Crippen molar-refractivity contribution in [2.45, 2.75) is 32.7 Å². The maximum absolute atomic E-state index is 10.2. The molecule has 0 radical (unpaired) electrons. The average molecular weight is 414 g/mol. The highest BCUT2D eigenvalue weighted by molar-refractivity contribution is 9.10. The lowest BCUT2D eigenvalue weighted by Crippen LogP contribution is -2.45. The van der Waals surface area contributed by atoms with Crippen molar-refractivity contribution in [3.63, 3.8) is 0 Å². The van der Waals surface area contributed by atoms with Crippen LogP contribution in [0.4, 0.5) is 0 Å². The molecule has 1 aromatic rings. The summed E-state index contributed by atoms with van der Waals surface area (Å²) in [5, 5.41) is 13.6. The summed E-state index contributed by atoms with van der Waals surface area (Å²) in [6, 6.07) is 6.08. The molecule has 1 fully saturated rings. The Morgan fingerprint density at radius 1 is 1.18 bits per heavy atom. The van der Waals surface area contributed by atoms with Gasteiger partial charge in [-0.2, -0.15) is 0 Å². The third-order valence-electron chi connectivity index (χ3n) is 3.96. The van der Waals surface area contributed by atoms with E-state index in [1.165, 1.54) is 6.42 Å². The van der Waals surface area contributed by atoms with Crippen LogP contribution in [0.5, 0.6) is 5.75 Å². The number of phenolic OH excluding ortho intramolecular Hbond substituents is 1. The molecule has 0 bridgehead atoms. The van der Waals surface area contributed by atoms with Crippen LogP contribution in [0, 0.1) is 5.92 Å². The zero-order chi connectivity index (χ0) is 14.5. The van der Waals surface area contributed by atoms with Crippen LogP contribution >= 0.6 is 40.7 Å². The van der Waals surface area contributed by atoms with Crippen molar-refractivity contribution >= 4 is 40.7 Å². The minimum absolute atomic E-state index is 0. The molecule has 0 saturated carbocycles. The predicted molar refractivity (Wildman–Crippen MR) is 102 cm³/mol. The summed E-state index contributed by atoms with van der Waals surface area (Å²) >= 11 is 3.53. The molecule has 1 aliphatic rings. The van der Waals surface area contributed by atoms with E-state index in [9.17, 15) is 5.11 Å². The molecule has 2 N–H and O–H groups in total. The van der Waals surface area contributed by atoms with Crippen LogP contribution in [-0.2, 0) is 0 Å². The molecule has 2 rings (SSSR count). The maximum atomic E-state index is 10.2. The van der Waals surface area contributed by atoms with E-state index in [2.05, 4.69) is 46.1 Å². The Balaban J connectivity index is 0.00000220. The van der Waals surface area contributed by atoms with Gasteiger partial charge >= 0.3 is 0 Å². The molecule has 128 valence electrons. The zero-order valence-electron chi connectivity index (χ0n) is 13.2. The minimum Gasteiger partial charge on any atom is -0.508 e. The molecule has 1 saturated heterocycles. The van der Waals surface area contributed by atoms with E-state index in [0.29, 0.717) is 17.7 Å². The first-order chi connectivity index (χ1) is 9.58. The molecule has 6 heteroatoms. The minimum atomic E-state index is 0. The van der Waals surface area contributed by atoms with Crippen LogP contribution in [-0.4, -0.2) is 36.2 Å². The first kappa shape index (κ1) is 22.0. The van der Waals surface area contributed by atoms with Crippen LogP contribution in [0.15, 0.2) is 22.7 Å². The second kappa shape index (κ2) is 10.7. The highest BCUT2D eigenvalue weighted by Crippen LogP contribution is 2.35.